The molecular weight excluding hydrogens is 135 g/mol. The first kappa shape index (κ1) is 8.08. The van der Waals surface area contributed by atoms with E-state index in [9.17, 15) is 13.2 Å². The summed E-state index contributed by atoms with van der Waals surface area (Å²) in [7, 11) is 0. The summed E-state index contributed by atoms with van der Waals surface area (Å²) in [6, 6.07) is 0. The number of alkyl halides is 3. The lowest BCUT2D eigenvalue weighted by atomic mass is 10.4. The Labute approximate surface area is 49.8 Å². The van der Waals surface area contributed by atoms with Crippen LogP contribution < -0.4 is 0 Å². The van der Waals surface area contributed by atoms with Crippen LogP contribution in [-0.4, -0.2) is 12.3 Å². The Kier molecular flexibility index (Phi) is 2.31. The Morgan fingerprint density at radius 2 is 2.00 bits per heavy atom. The van der Waals surface area contributed by atoms with Crippen molar-refractivity contribution in [3.05, 3.63) is 0 Å². The van der Waals surface area contributed by atoms with Gasteiger partial charge in [-0.1, -0.05) is 0 Å². The Balaban J connectivity index is 3.76. The predicted molar refractivity (Wildman–Crippen MR) is 22.2 cm³/mol. The Morgan fingerprint density at radius 3 is 2.11 bits per heavy atom. The maximum absolute atomic E-state index is 11.4. The van der Waals surface area contributed by atoms with E-state index in [0.29, 0.717) is 0 Å². The SMILES string of the molecule is CC(OC#N)C(F)(F)F. The molecule has 1 unspecified atom stereocenters. The zero-order valence-corrected chi connectivity index (χ0v) is 4.57. The van der Waals surface area contributed by atoms with Crippen molar-refractivity contribution >= 4 is 0 Å². The van der Waals surface area contributed by atoms with Gasteiger partial charge in [-0.15, -0.1) is 0 Å². The van der Waals surface area contributed by atoms with E-state index in [1.165, 1.54) is 0 Å². The molecular formula is C4H4F3NO. The number of hydrogen-bond acceptors (Lipinski definition) is 2. The summed E-state index contributed by atoms with van der Waals surface area (Å²) >= 11 is 0. The van der Waals surface area contributed by atoms with E-state index >= 15 is 0 Å². The van der Waals surface area contributed by atoms with Crippen LogP contribution in [0.1, 0.15) is 6.92 Å². The van der Waals surface area contributed by atoms with E-state index in [0.717, 1.165) is 13.2 Å². The fourth-order valence-corrected chi connectivity index (χ4v) is 0.146. The molecule has 0 aliphatic heterocycles. The summed E-state index contributed by atoms with van der Waals surface area (Å²) in [5, 5.41) is 7.63. The van der Waals surface area contributed by atoms with Gasteiger partial charge in [0.15, 0.2) is 0 Å². The molecule has 2 nitrogen and oxygen atoms in total. The quantitative estimate of drug-likeness (QED) is 0.515. The number of halogens is 3. The third-order valence-corrected chi connectivity index (χ3v) is 0.690. The van der Waals surface area contributed by atoms with Crippen LogP contribution in [-0.2, 0) is 4.74 Å². The molecule has 0 N–H and O–H groups in total. The average molecular weight is 139 g/mol. The van der Waals surface area contributed by atoms with Gasteiger partial charge >= 0.3 is 6.18 Å². The van der Waals surface area contributed by atoms with E-state index in [1.807, 2.05) is 0 Å². The van der Waals surface area contributed by atoms with E-state index in [-0.39, 0.29) is 0 Å². The summed E-state index contributed by atoms with van der Waals surface area (Å²) in [6.07, 6.45) is -5.48. The maximum Gasteiger partial charge on any atom is 0.426 e. The Hall–Kier alpha value is -0.920. The van der Waals surface area contributed by atoms with Crippen molar-refractivity contribution in [1.29, 1.82) is 5.26 Å². The fraction of sp³-hybridized carbons (Fsp3) is 0.750. The highest BCUT2D eigenvalue weighted by Gasteiger charge is 2.37. The molecule has 9 heavy (non-hydrogen) atoms. The van der Waals surface area contributed by atoms with Crippen LogP contribution in [0.2, 0.25) is 0 Å². The molecule has 0 heterocycles. The van der Waals surface area contributed by atoms with Crippen molar-refractivity contribution in [2.45, 2.75) is 19.2 Å². The van der Waals surface area contributed by atoms with Crippen LogP contribution in [0, 0.1) is 11.5 Å². The van der Waals surface area contributed by atoms with Crippen LogP contribution in [0.4, 0.5) is 13.2 Å². The van der Waals surface area contributed by atoms with Crippen molar-refractivity contribution in [3.63, 3.8) is 0 Å². The second-order valence-corrected chi connectivity index (χ2v) is 1.39. The van der Waals surface area contributed by atoms with E-state index in [4.69, 9.17) is 5.26 Å². The van der Waals surface area contributed by atoms with Crippen LogP contribution in [0.25, 0.3) is 0 Å². The summed E-state index contributed by atoms with van der Waals surface area (Å²) in [5.74, 6) is 0. The molecule has 0 bridgehead atoms. The van der Waals surface area contributed by atoms with Crippen molar-refractivity contribution < 1.29 is 17.9 Å². The van der Waals surface area contributed by atoms with Gasteiger partial charge in [-0.3, -0.25) is 0 Å². The number of ether oxygens (including phenoxy) is 1. The lowest BCUT2D eigenvalue weighted by molar-refractivity contribution is -0.196. The number of rotatable bonds is 1. The molecule has 52 valence electrons. The molecule has 0 aliphatic carbocycles. The molecule has 0 rings (SSSR count). The standard InChI is InChI=1S/C4H4F3NO/c1-3(9-2-8)4(5,6)7/h3H,1H3. The van der Waals surface area contributed by atoms with Gasteiger partial charge in [-0.2, -0.15) is 18.4 Å². The molecule has 0 amide bonds. The first-order valence-corrected chi connectivity index (χ1v) is 2.10. The van der Waals surface area contributed by atoms with Crippen molar-refractivity contribution in [1.82, 2.24) is 0 Å². The van der Waals surface area contributed by atoms with Gasteiger partial charge in [-0.25, -0.2) is 0 Å². The lowest BCUT2D eigenvalue weighted by Gasteiger charge is -2.10. The highest BCUT2D eigenvalue weighted by Crippen LogP contribution is 2.21. The Morgan fingerprint density at radius 1 is 1.56 bits per heavy atom. The minimum Gasteiger partial charge on any atom is -0.415 e. The van der Waals surface area contributed by atoms with Crippen LogP contribution in [0.5, 0.6) is 0 Å². The highest BCUT2D eigenvalue weighted by molar-refractivity contribution is 4.65. The third-order valence-electron chi connectivity index (χ3n) is 0.690. The normalized spacial score (nSPS) is 14.1. The minimum absolute atomic E-state index is 0.767. The molecule has 0 fully saturated rings. The number of nitriles is 1. The monoisotopic (exact) mass is 139 g/mol. The van der Waals surface area contributed by atoms with E-state index < -0.39 is 12.3 Å². The first-order chi connectivity index (χ1) is 3.98. The zero-order valence-electron chi connectivity index (χ0n) is 4.57. The Bertz CT molecular complexity index is 125. The molecule has 1 atom stereocenters. The largest absolute Gasteiger partial charge is 0.426 e. The van der Waals surface area contributed by atoms with Crippen LogP contribution in [0.3, 0.4) is 0 Å². The van der Waals surface area contributed by atoms with Gasteiger partial charge in [0, 0.05) is 0 Å². The molecule has 0 aromatic carbocycles. The van der Waals surface area contributed by atoms with Gasteiger partial charge < -0.3 is 4.74 Å². The maximum atomic E-state index is 11.4. The number of nitrogens with zero attached hydrogens (tertiary/aromatic N) is 1. The van der Waals surface area contributed by atoms with Crippen molar-refractivity contribution in [3.8, 4) is 6.26 Å². The van der Waals surface area contributed by atoms with Gasteiger partial charge in [0.2, 0.25) is 6.10 Å². The summed E-state index contributed by atoms with van der Waals surface area (Å²) < 4.78 is 37.7. The molecule has 5 heteroatoms. The van der Waals surface area contributed by atoms with Crippen molar-refractivity contribution in [2.24, 2.45) is 0 Å². The average Bonchev–Trinajstić information content (AvgIpc) is 1.64. The molecule has 0 saturated heterocycles. The van der Waals surface area contributed by atoms with Crippen LogP contribution in [0.15, 0.2) is 0 Å². The lowest BCUT2D eigenvalue weighted by Crippen LogP contribution is -2.26. The first-order valence-electron chi connectivity index (χ1n) is 2.10. The molecule has 0 saturated carbocycles. The van der Waals surface area contributed by atoms with Crippen LogP contribution >= 0.6 is 0 Å². The molecule has 0 aliphatic rings. The smallest absolute Gasteiger partial charge is 0.415 e. The molecule has 0 aromatic heterocycles. The van der Waals surface area contributed by atoms with Gasteiger partial charge in [-0.05, 0) is 6.92 Å². The predicted octanol–water partition coefficient (Wildman–Crippen LogP) is 1.43. The van der Waals surface area contributed by atoms with Gasteiger partial charge in [0.25, 0.3) is 6.26 Å². The van der Waals surface area contributed by atoms with Crippen molar-refractivity contribution in [2.75, 3.05) is 0 Å². The number of hydrogen-bond donors (Lipinski definition) is 0. The van der Waals surface area contributed by atoms with E-state index in [1.54, 1.807) is 0 Å². The second kappa shape index (κ2) is 2.58. The summed E-state index contributed by atoms with van der Waals surface area (Å²) in [4.78, 5) is 0. The minimum atomic E-state index is -4.43. The third kappa shape index (κ3) is 2.80. The topological polar surface area (TPSA) is 33.0 Å². The molecule has 0 spiro atoms. The molecule has 0 radical (unpaired) electrons. The van der Waals surface area contributed by atoms with Gasteiger partial charge in [0.1, 0.15) is 0 Å². The van der Waals surface area contributed by atoms with E-state index in [2.05, 4.69) is 4.74 Å². The highest BCUT2D eigenvalue weighted by atomic mass is 19.4. The second-order valence-electron chi connectivity index (χ2n) is 1.39. The fourth-order valence-electron chi connectivity index (χ4n) is 0.146. The summed E-state index contributed by atoms with van der Waals surface area (Å²) in [6.45, 7) is 0.767. The summed E-state index contributed by atoms with van der Waals surface area (Å²) in [5.41, 5.74) is 0. The van der Waals surface area contributed by atoms with Gasteiger partial charge in [0.05, 0.1) is 0 Å². The molecule has 0 aromatic rings. The zero-order chi connectivity index (χ0) is 7.49.